The van der Waals surface area contributed by atoms with Gasteiger partial charge in [-0.05, 0) is 55.7 Å². The fourth-order valence-electron chi connectivity index (χ4n) is 2.96. The van der Waals surface area contributed by atoms with Crippen molar-refractivity contribution in [1.82, 2.24) is 0 Å². The number of hydrogen-bond donors (Lipinski definition) is 1. The van der Waals surface area contributed by atoms with E-state index in [1.807, 2.05) is 18.5 Å². The standard InChI is InChI=1S/C20H19ClF2N2O.2CH2O/c1-13-3-2-9-25(10-8-13)19-11-14(4-6-18(19)23)20(26)24-15-5-7-17(22)16(21)12-15;2*1-2/h4-7,11-12H,1-3,8-10H2,(H,24,26);2*1H2. The van der Waals surface area contributed by atoms with Crippen LogP contribution < -0.4 is 10.2 Å². The molecule has 0 aliphatic carbocycles. The van der Waals surface area contributed by atoms with E-state index in [0.717, 1.165) is 24.8 Å². The van der Waals surface area contributed by atoms with Crippen LogP contribution >= 0.6 is 11.6 Å². The number of nitrogens with zero attached hydrogens (tertiary/aromatic N) is 1. The average molecular weight is 437 g/mol. The van der Waals surface area contributed by atoms with Crippen LogP contribution in [0.4, 0.5) is 20.2 Å². The summed E-state index contributed by atoms with van der Waals surface area (Å²) in [7, 11) is 0. The first-order chi connectivity index (χ1) is 14.4. The van der Waals surface area contributed by atoms with Crippen LogP contribution in [0.25, 0.3) is 0 Å². The number of carbonyl (C=O) groups is 3. The number of benzene rings is 2. The van der Waals surface area contributed by atoms with Gasteiger partial charge in [-0.1, -0.05) is 23.8 Å². The van der Waals surface area contributed by atoms with Crippen LogP contribution in [0, 0.1) is 11.6 Å². The molecule has 3 rings (SSSR count). The lowest BCUT2D eigenvalue weighted by atomic mass is 10.1. The van der Waals surface area contributed by atoms with Crippen molar-refractivity contribution in [1.29, 1.82) is 0 Å². The summed E-state index contributed by atoms with van der Waals surface area (Å²) in [5, 5.41) is 2.57. The van der Waals surface area contributed by atoms with Gasteiger partial charge >= 0.3 is 0 Å². The predicted molar refractivity (Wildman–Crippen MR) is 115 cm³/mol. The van der Waals surface area contributed by atoms with E-state index in [9.17, 15) is 13.6 Å². The molecule has 2 aromatic rings. The molecular formula is C22H23ClF2N2O3. The summed E-state index contributed by atoms with van der Waals surface area (Å²) in [5.41, 5.74) is 2.27. The summed E-state index contributed by atoms with van der Waals surface area (Å²) in [6.45, 7) is 9.40. The van der Waals surface area contributed by atoms with Crippen molar-refractivity contribution in [2.75, 3.05) is 23.3 Å². The van der Waals surface area contributed by atoms with Crippen molar-refractivity contribution < 1.29 is 23.2 Å². The maximum atomic E-state index is 14.3. The van der Waals surface area contributed by atoms with E-state index < -0.39 is 11.7 Å². The molecule has 0 saturated carbocycles. The molecule has 1 heterocycles. The van der Waals surface area contributed by atoms with Gasteiger partial charge in [-0.25, -0.2) is 8.78 Å². The van der Waals surface area contributed by atoms with Gasteiger partial charge in [0.15, 0.2) is 0 Å². The topological polar surface area (TPSA) is 66.5 Å². The Bertz CT molecular complexity index is 891. The monoisotopic (exact) mass is 436 g/mol. The first-order valence-electron chi connectivity index (χ1n) is 8.99. The van der Waals surface area contributed by atoms with Gasteiger partial charge in [0.25, 0.3) is 5.91 Å². The first kappa shape index (κ1) is 25.0. The van der Waals surface area contributed by atoms with E-state index in [-0.39, 0.29) is 10.8 Å². The molecule has 1 aliphatic rings. The van der Waals surface area contributed by atoms with E-state index in [0.29, 0.717) is 30.0 Å². The summed E-state index contributed by atoms with van der Waals surface area (Å²) in [6.07, 6.45) is 2.65. The number of nitrogens with one attached hydrogen (secondary N) is 1. The van der Waals surface area contributed by atoms with Crippen LogP contribution in [-0.4, -0.2) is 32.6 Å². The number of hydrogen-bond acceptors (Lipinski definition) is 4. The summed E-state index contributed by atoms with van der Waals surface area (Å²) < 4.78 is 27.5. The molecule has 0 aromatic heterocycles. The second-order valence-electron chi connectivity index (χ2n) is 6.34. The van der Waals surface area contributed by atoms with Crippen LogP contribution in [0.1, 0.15) is 29.6 Å². The third-order valence-electron chi connectivity index (χ3n) is 4.42. The van der Waals surface area contributed by atoms with Crippen LogP contribution in [0.2, 0.25) is 5.02 Å². The zero-order chi connectivity index (χ0) is 22.7. The molecule has 1 amide bonds. The lowest BCUT2D eigenvalue weighted by Crippen LogP contribution is -2.25. The highest BCUT2D eigenvalue weighted by molar-refractivity contribution is 6.31. The van der Waals surface area contributed by atoms with Gasteiger partial charge in [0, 0.05) is 24.3 Å². The molecule has 1 fully saturated rings. The highest BCUT2D eigenvalue weighted by Crippen LogP contribution is 2.26. The Balaban J connectivity index is 0.00000106. The smallest absolute Gasteiger partial charge is 0.255 e. The van der Waals surface area contributed by atoms with Crippen molar-refractivity contribution in [2.45, 2.75) is 19.3 Å². The third kappa shape index (κ3) is 6.77. The van der Waals surface area contributed by atoms with Gasteiger partial charge < -0.3 is 19.8 Å². The Morgan fingerprint density at radius 1 is 0.967 bits per heavy atom. The molecule has 30 heavy (non-hydrogen) atoms. The highest BCUT2D eigenvalue weighted by atomic mass is 35.5. The number of amides is 1. The van der Waals surface area contributed by atoms with E-state index in [1.54, 1.807) is 6.07 Å². The van der Waals surface area contributed by atoms with Crippen molar-refractivity contribution in [2.24, 2.45) is 0 Å². The summed E-state index contributed by atoms with van der Waals surface area (Å²) >= 11 is 5.73. The molecule has 0 atom stereocenters. The molecule has 160 valence electrons. The van der Waals surface area contributed by atoms with Crippen molar-refractivity contribution in [3.05, 3.63) is 70.8 Å². The van der Waals surface area contributed by atoms with Crippen LogP contribution in [0.3, 0.4) is 0 Å². The maximum absolute atomic E-state index is 14.3. The minimum Gasteiger partial charge on any atom is -0.369 e. The van der Waals surface area contributed by atoms with E-state index in [1.165, 1.54) is 30.3 Å². The summed E-state index contributed by atoms with van der Waals surface area (Å²) in [5.74, 6) is -1.33. The van der Waals surface area contributed by atoms with Gasteiger partial charge in [0.2, 0.25) is 0 Å². The Labute approximate surface area is 179 Å². The van der Waals surface area contributed by atoms with Gasteiger partial charge in [0.05, 0.1) is 10.7 Å². The molecular weight excluding hydrogens is 414 g/mol. The molecule has 1 saturated heterocycles. The molecule has 5 nitrogen and oxygen atoms in total. The number of anilines is 2. The quantitative estimate of drug-likeness (QED) is 0.684. The van der Waals surface area contributed by atoms with Gasteiger partial charge in [-0.15, -0.1) is 0 Å². The Morgan fingerprint density at radius 2 is 1.63 bits per heavy atom. The van der Waals surface area contributed by atoms with E-state index >= 15 is 0 Å². The lowest BCUT2D eigenvalue weighted by molar-refractivity contribution is -0.0987. The second-order valence-corrected chi connectivity index (χ2v) is 6.75. The Hall–Kier alpha value is -3.06. The van der Waals surface area contributed by atoms with E-state index in [2.05, 4.69) is 11.9 Å². The van der Waals surface area contributed by atoms with Crippen LogP contribution in [0.5, 0.6) is 0 Å². The van der Waals surface area contributed by atoms with Crippen LogP contribution in [0.15, 0.2) is 48.6 Å². The zero-order valence-electron chi connectivity index (χ0n) is 16.4. The molecule has 0 unspecified atom stereocenters. The van der Waals surface area contributed by atoms with Gasteiger partial charge in [-0.2, -0.15) is 0 Å². The lowest BCUT2D eigenvalue weighted by Gasteiger charge is -2.23. The molecule has 1 aliphatic heterocycles. The maximum Gasteiger partial charge on any atom is 0.255 e. The number of rotatable bonds is 3. The fraction of sp³-hybridized carbons (Fsp3) is 0.227. The first-order valence-corrected chi connectivity index (χ1v) is 9.37. The molecule has 1 N–H and O–H groups in total. The third-order valence-corrected chi connectivity index (χ3v) is 4.71. The van der Waals surface area contributed by atoms with Crippen molar-refractivity contribution in [3.63, 3.8) is 0 Å². The normalized spacial score (nSPS) is 13.2. The number of carbonyl (C=O) groups excluding carboxylic acids is 3. The minimum absolute atomic E-state index is 0.0765. The molecule has 2 aromatic carbocycles. The zero-order valence-corrected chi connectivity index (χ0v) is 17.2. The van der Waals surface area contributed by atoms with Crippen molar-refractivity contribution >= 4 is 42.5 Å². The average Bonchev–Trinajstić information content (AvgIpc) is 2.98. The molecule has 8 heteroatoms. The fourth-order valence-corrected chi connectivity index (χ4v) is 3.14. The molecule has 0 spiro atoms. The Kier molecular flexibility index (Phi) is 10.4. The molecule has 0 bridgehead atoms. The van der Waals surface area contributed by atoms with E-state index in [4.69, 9.17) is 21.2 Å². The Morgan fingerprint density at radius 3 is 2.30 bits per heavy atom. The second kappa shape index (κ2) is 12.5. The minimum atomic E-state index is -0.559. The van der Waals surface area contributed by atoms with Gasteiger partial charge in [0.1, 0.15) is 25.2 Å². The highest BCUT2D eigenvalue weighted by Gasteiger charge is 2.17. The summed E-state index contributed by atoms with van der Waals surface area (Å²) in [6, 6.07) is 8.20. The molecule has 0 radical (unpaired) electrons. The van der Waals surface area contributed by atoms with Crippen LogP contribution in [-0.2, 0) is 9.59 Å². The largest absolute Gasteiger partial charge is 0.369 e. The number of halogens is 3. The predicted octanol–water partition coefficient (Wildman–Crippen LogP) is 5.05. The summed E-state index contributed by atoms with van der Waals surface area (Å²) in [4.78, 5) is 30.4. The van der Waals surface area contributed by atoms with Crippen molar-refractivity contribution in [3.8, 4) is 0 Å². The van der Waals surface area contributed by atoms with Gasteiger partial charge in [-0.3, -0.25) is 4.79 Å². The SMILES string of the molecule is C=C1CCCN(c2cc(C(=O)Nc3ccc(F)c(Cl)c3)ccc2F)CC1.C=O.C=O.